The van der Waals surface area contributed by atoms with Crippen LogP contribution in [0.4, 0.5) is 0 Å². The lowest BCUT2D eigenvalue weighted by molar-refractivity contribution is 0.0218. The van der Waals surface area contributed by atoms with Gasteiger partial charge in [0.25, 0.3) is 0 Å². The van der Waals surface area contributed by atoms with Crippen molar-refractivity contribution in [2.45, 2.75) is 78.4 Å². The zero-order valence-corrected chi connectivity index (χ0v) is 14.6. The van der Waals surface area contributed by atoms with Gasteiger partial charge in [0.2, 0.25) is 0 Å². The van der Waals surface area contributed by atoms with Gasteiger partial charge in [0.1, 0.15) is 0 Å². The van der Waals surface area contributed by atoms with Crippen LogP contribution in [0, 0.1) is 18.8 Å². The molecule has 1 aromatic rings. The Labute approximate surface area is 133 Å². The SMILES string of the molecule is CCn1nc(C)c(Cl)c1CC1(O)CCCC(C(C)C)CC1. The topological polar surface area (TPSA) is 38.0 Å². The van der Waals surface area contributed by atoms with Gasteiger partial charge in [-0.3, -0.25) is 4.68 Å². The van der Waals surface area contributed by atoms with Crippen LogP contribution < -0.4 is 0 Å². The lowest BCUT2D eigenvalue weighted by Gasteiger charge is -2.27. The second-order valence-electron chi connectivity index (χ2n) is 7.00. The minimum atomic E-state index is -0.618. The third-order valence-corrected chi connectivity index (χ3v) is 5.58. The van der Waals surface area contributed by atoms with E-state index < -0.39 is 5.60 Å². The maximum absolute atomic E-state index is 11.1. The summed E-state index contributed by atoms with van der Waals surface area (Å²) in [5.74, 6) is 1.45. The van der Waals surface area contributed by atoms with Crippen molar-refractivity contribution in [1.82, 2.24) is 9.78 Å². The van der Waals surface area contributed by atoms with Crippen LogP contribution in [-0.4, -0.2) is 20.5 Å². The van der Waals surface area contributed by atoms with E-state index in [0.717, 1.165) is 54.6 Å². The molecule has 0 spiro atoms. The summed E-state index contributed by atoms with van der Waals surface area (Å²) in [7, 11) is 0. The molecule has 0 aliphatic heterocycles. The van der Waals surface area contributed by atoms with Crippen LogP contribution in [-0.2, 0) is 13.0 Å². The van der Waals surface area contributed by atoms with Crippen molar-refractivity contribution in [2.24, 2.45) is 11.8 Å². The lowest BCUT2D eigenvalue weighted by Crippen LogP contribution is -2.32. The first-order valence-corrected chi connectivity index (χ1v) is 8.68. The molecule has 0 aromatic carbocycles. The van der Waals surface area contributed by atoms with E-state index in [9.17, 15) is 5.11 Å². The highest BCUT2D eigenvalue weighted by Gasteiger charge is 2.33. The second kappa shape index (κ2) is 6.70. The first kappa shape index (κ1) is 16.8. The van der Waals surface area contributed by atoms with Crippen molar-refractivity contribution in [2.75, 3.05) is 0 Å². The maximum Gasteiger partial charge on any atom is 0.0848 e. The molecule has 0 radical (unpaired) electrons. The summed E-state index contributed by atoms with van der Waals surface area (Å²) >= 11 is 6.40. The number of nitrogens with zero attached hydrogens (tertiary/aromatic N) is 2. The third-order valence-electron chi connectivity index (χ3n) is 5.09. The van der Waals surface area contributed by atoms with Crippen LogP contribution in [0.15, 0.2) is 0 Å². The zero-order valence-electron chi connectivity index (χ0n) is 13.8. The zero-order chi connectivity index (χ0) is 15.6. The van der Waals surface area contributed by atoms with Crippen LogP contribution in [0.3, 0.4) is 0 Å². The number of hydrogen-bond donors (Lipinski definition) is 1. The van der Waals surface area contributed by atoms with E-state index in [4.69, 9.17) is 11.6 Å². The summed E-state index contributed by atoms with van der Waals surface area (Å²) in [5, 5.41) is 16.3. The van der Waals surface area contributed by atoms with E-state index in [1.807, 2.05) is 11.6 Å². The molecule has 3 nitrogen and oxygen atoms in total. The molecule has 0 amide bonds. The molecule has 0 saturated heterocycles. The summed E-state index contributed by atoms with van der Waals surface area (Å²) < 4.78 is 1.94. The van der Waals surface area contributed by atoms with Gasteiger partial charge in [-0.2, -0.15) is 5.10 Å². The van der Waals surface area contributed by atoms with Crippen molar-refractivity contribution < 1.29 is 5.11 Å². The monoisotopic (exact) mass is 312 g/mol. The fraction of sp³-hybridized carbons (Fsp3) is 0.824. The van der Waals surface area contributed by atoms with Gasteiger partial charge in [0, 0.05) is 13.0 Å². The van der Waals surface area contributed by atoms with Crippen molar-refractivity contribution in [3.05, 3.63) is 16.4 Å². The molecule has 120 valence electrons. The summed E-state index contributed by atoms with van der Waals surface area (Å²) in [6, 6.07) is 0. The van der Waals surface area contributed by atoms with E-state index in [0.29, 0.717) is 12.3 Å². The van der Waals surface area contributed by atoms with Crippen molar-refractivity contribution in [1.29, 1.82) is 0 Å². The maximum atomic E-state index is 11.1. The van der Waals surface area contributed by atoms with E-state index in [1.54, 1.807) is 0 Å². The Balaban J connectivity index is 2.14. The average molecular weight is 313 g/mol. The molecule has 1 N–H and O–H groups in total. The summed E-state index contributed by atoms with van der Waals surface area (Å²) in [6.45, 7) is 9.39. The number of halogens is 1. The molecule has 0 bridgehead atoms. The molecular weight excluding hydrogens is 284 g/mol. The van der Waals surface area contributed by atoms with Crippen LogP contribution in [0.25, 0.3) is 0 Å². The minimum Gasteiger partial charge on any atom is -0.389 e. The standard InChI is InChI=1S/C17H29ClN2O/c1-5-20-15(16(18)13(4)19-20)11-17(21)9-6-7-14(8-10-17)12(2)3/h12,14,21H,5-11H2,1-4H3. The molecule has 1 fully saturated rings. The quantitative estimate of drug-likeness (QED) is 0.838. The molecule has 2 unspecified atom stereocenters. The largest absolute Gasteiger partial charge is 0.389 e. The molecule has 1 aliphatic carbocycles. The first-order chi connectivity index (χ1) is 9.86. The van der Waals surface area contributed by atoms with Gasteiger partial charge in [-0.05, 0) is 44.9 Å². The van der Waals surface area contributed by atoms with Gasteiger partial charge in [0.05, 0.1) is 22.0 Å². The Morgan fingerprint density at radius 2 is 2.10 bits per heavy atom. The second-order valence-corrected chi connectivity index (χ2v) is 7.38. The van der Waals surface area contributed by atoms with Crippen molar-refractivity contribution in [3.63, 3.8) is 0 Å². The Bertz CT molecular complexity index is 483. The van der Waals surface area contributed by atoms with Crippen molar-refractivity contribution in [3.8, 4) is 0 Å². The third kappa shape index (κ3) is 3.81. The predicted octanol–water partition coefficient (Wildman–Crippen LogP) is 4.37. The van der Waals surface area contributed by atoms with E-state index in [-0.39, 0.29) is 0 Å². The summed E-state index contributed by atoms with van der Waals surface area (Å²) in [5.41, 5.74) is 1.25. The molecule has 1 heterocycles. The fourth-order valence-electron chi connectivity index (χ4n) is 3.61. The number of rotatable bonds is 4. The van der Waals surface area contributed by atoms with Crippen LogP contribution in [0.5, 0.6) is 0 Å². The summed E-state index contributed by atoms with van der Waals surface area (Å²) in [4.78, 5) is 0. The molecule has 1 saturated carbocycles. The molecule has 4 heteroatoms. The Morgan fingerprint density at radius 3 is 2.71 bits per heavy atom. The highest BCUT2D eigenvalue weighted by molar-refractivity contribution is 6.31. The molecule has 1 aromatic heterocycles. The molecule has 2 atom stereocenters. The van der Waals surface area contributed by atoms with Crippen LogP contribution in [0.2, 0.25) is 5.02 Å². The summed E-state index contributed by atoms with van der Waals surface area (Å²) in [6.07, 6.45) is 5.84. The number of aryl methyl sites for hydroxylation is 2. The Hall–Kier alpha value is -0.540. The van der Waals surface area contributed by atoms with E-state index in [2.05, 4.69) is 25.9 Å². The number of aliphatic hydroxyl groups is 1. The molecule has 21 heavy (non-hydrogen) atoms. The molecular formula is C17H29ClN2O. The predicted molar refractivity (Wildman–Crippen MR) is 87.7 cm³/mol. The highest BCUT2D eigenvalue weighted by Crippen LogP contribution is 2.37. The first-order valence-electron chi connectivity index (χ1n) is 8.30. The lowest BCUT2D eigenvalue weighted by atomic mass is 9.86. The Kier molecular flexibility index (Phi) is 5.37. The minimum absolute atomic E-state index is 0.618. The highest BCUT2D eigenvalue weighted by atomic mass is 35.5. The number of hydrogen-bond acceptors (Lipinski definition) is 2. The number of aromatic nitrogens is 2. The van der Waals surface area contributed by atoms with Crippen LogP contribution in [0.1, 0.15) is 64.3 Å². The fourth-order valence-corrected chi connectivity index (χ4v) is 3.81. The normalized spacial score (nSPS) is 27.1. The van der Waals surface area contributed by atoms with Gasteiger partial charge in [-0.15, -0.1) is 0 Å². The van der Waals surface area contributed by atoms with E-state index >= 15 is 0 Å². The van der Waals surface area contributed by atoms with Crippen LogP contribution >= 0.6 is 11.6 Å². The molecule has 1 aliphatic rings. The molecule has 2 rings (SSSR count). The van der Waals surface area contributed by atoms with Gasteiger partial charge >= 0.3 is 0 Å². The van der Waals surface area contributed by atoms with Gasteiger partial charge in [-0.25, -0.2) is 0 Å². The van der Waals surface area contributed by atoms with Gasteiger partial charge < -0.3 is 5.11 Å². The van der Waals surface area contributed by atoms with Gasteiger partial charge in [-0.1, -0.05) is 38.3 Å². The smallest absolute Gasteiger partial charge is 0.0848 e. The average Bonchev–Trinajstić information content (AvgIpc) is 2.61. The van der Waals surface area contributed by atoms with E-state index in [1.165, 1.54) is 6.42 Å². The Morgan fingerprint density at radius 1 is 1.38 bits per heavy atom. The van der Waals surface area contributed by atoms with Crippen molar-refractivity contribution >= 4 is 11.6 Å². The van der Waals surface area contributed by atoms with Gasteiger partial charge in [0.15, 0.2) is 0 Å².